The Hall–Kier alpha value is -0.770. The van der Waals surface area contributed by atoms with Crippen molar-refractivity contribution >= 4 is 11.6 Å². The summed E-state index contributed by atoms with van der Waals surface area (Å²) in [6, 6.07) is 5.31. The predicted molar refractivity (Wildman–Crippen MR) is 79.4 cm³/mol. The highest BCUT2D eigenvalue weighted by Crippen LogP contribution is 2.28. The van der Waals surface area contributed by atoms with Gasteiger partial charge in [-0.3, -0.25) is 0 Å². The minimum absolute atomic E-state index is 0.124. The van der Waals surface area contributed by atoms with Gasteiger partial charge in [0.1, 0.15) is 5.75 Å². The van der Waals surface area contributed by atoms with Crippen molar-refractivity contribution in [3.05, 3.63) is 28.8 Å². The normalized spacial score (nSPS) is 13.8. The molecule has 4 heteroatoms. The standard InChI is InChI=1S/C15H24ClNO2/c1-10(2)14(19)15(3,4)9-17-8-11-6-5-7-12(16)13(11)18/h5-7,10,14,17-19H,8-9H2,1-4H3. The number of aromatic hydroxyl groups is 1. The summed E-state index contributed by atoms with van der Waals surface area (Å²) in [6.07, 6.45) is -0.368. The van der Waals surface area contributed by atoms with Gasteiger partial charge in [0, 0.05) is 24.1 Å². The third-order valence-corrected chi connectivity index (χ3v) is 3.70. The zero-order valence-electron chi connectivity index (χ0n) is 12.1. The highest BCUT2D eigenvalue weighted by molar-refractivity contribution is 6.32. The molecule has 0 aromatic heterocycles. The van der Waals surface area contributed by atoms with E-state index in [1.54, 1.807) is 6.07 Å². The Morgan fingerprint density at radius 2 is 1.95 bits per heavy atom. The lowest BCUT2D eigenvalue weighted by Gasteiger charge is -2.33. The molecule has 0 radical (unpaired) electrons. The molecule has 3 nitrogen and oxygen atoms in total. The Labute approximate surface area is 120 Å². The molecule has 1 aromatic rings. The van der Waals surface area contributed by atoms with E-state index in [1.807, 2.05) is 39.8 Å². The number of aliphatic hydroxyl groups is 1. The second-order valence-electron chi connectivity index (χ2n) is 6.03. The second kappa shape index (κ2) is 6.60. The molecule has 1 aromatic carbocycles. The van der Waals surface area contributed by atoms with E-state index in [1.165, 1.54) is 0 Å². The number of rotatable bonds is 6. The molecule has 0 aliphatic rings. The van der Waals surface area contributed by atoms with Gasteiger partial charge in [-0.15, -0.1) is 0 Å². The number of aliphatic hydroxyl groups excluding tert-OH is 1. The van der Waals surface area contributed by atoms with Gasteiger partial charge < -0.3 is 15.5 Å². The molecule has 0 fully saturated rings. The SMILES string of the molecule is CC(C)C(O)C(C)(C)CNCc1cccc(Cl)c1O. The Kier molecular flexibility index (Phi) is 5.65. The summed E-state index contributed by atoms with van der Waals surface area (Å²) >= 11 is 5.86. The number of phenols is 1. The molecular weight excluding hydrogens is 262 g/mol. The van der Waals surface area contributed by atoms with Crippen molar-refractivity contribution in [2.75, 3.05) is 6.54 Å². The number of phenolic OH excluding ortho intramolecular Hbond substituents is 1. The van der Waals surface area contributed by atoms with Gasteiger partial charge in [0.2, 0.25) is 0 Å². The van der Waals surface area contributed by atoms with Crippen LogP contribution in [-0.4, -0.2) is 22.9 Å². The smallest absolute Gasteiger partial charge is 0.138 e. The fourth-order valence-electron chi connectivity index (χ4n) is 2.23. The van der Waals surface area contributed by atoms with Gasteiger partial charge in [0.15, 0.2) is 0 Å². The molecule has 0 bridgehead atoms. The number of halogens is 1. The largest absolute Gasteiger partial charge is 0.506 e. The third-order valence-electron chi connectivity index (χ3n) is 3.40. The van der Waals surface area contributed by atoms with Gasteiger partial charge in [-0.25, -0.2) is 0 Å². The first-order chi connectivity index (χ1) is 8.75. The number of para-hydroxylation sites is 1. The molecule has 19 heavy (non-hydrogen) atoms. The Morgan fingerprint density at radius 3 is 2.53 bits per heavy atom. The van der Waals surface area contributed by atoms with Crippen LogP contribution in [0.4, 0.5) is 0 Å². The van der Waals surface area contributed by atoms with E-state index in [-0.39, 0.29) is 23.2 Å². The first-order valence-electron chi connectivity index (χ1n) is 6.61. The van der Waals surface area contributed by atoms with Crippen molar-refractivity contribution in [1.82, 2.24) is 5.32 Å². The van der Waals surface area contributed by atoms with Crippen LogP contribution in [0.2, 0.25) is 5.02 Å². The molecule has 3 N–H and O–H groups in total. The molecule has 108 valence electrons. The Balaban J connectivity index is 2.57. The van der Waals surface area contributed by atoms with Crippen LogP contribution < -0.4 is 5.32 Å². The van der Waals surface area contributed by atoms with E-state index >= 15 is 0 Å². The number of hydrogen-bond donors (Lipinski definition) is 3. The summed E-state index contributed by atoms with van der Waals surface area (Å²) in [5.74, 6) is 0.343. The third kappa shape index (κ3) is 4.37. The first-order valence-corrected chi connectivity index (χ1v) is 6.98. The van der Waals surface area contributed by atoms with E-state index in [2.05, 4.69) is 5.32 Å². The number of benzene rings is 1. The molecule has 1 rings (SSSR count). The lowest BCUT2D eigenvalue weighted by molar-refractivity contribution is 0.0134. The number of hydrogen-bond acceptors (Lipinski definition) is 3. The van der Waals surface area contributed by atoms with Gasteiger partial charge in [-0.2, -0.15) is 0 Å². The summed E-state index contributed by atoms with van der Waals surface area (Å²) in [5.41, 5.74) is 0.546. The van der Waals surface area contributed by atoms with Crippen LogP contribution in [-0.2, 0) is 6.54 Å². The van der Waals surface area contributed by atoms with Crippen LogP contribution in [0.5, 0.6) is 5.75 Å². The molecule has 1 atom stereocenters. The molecule has 0 saturated carbocycles. The van der Waals surface area contributed by atoms with Crippen molar-refractivity contribution in [2.45, 2.75) is 40.3 Å². The first kappa shape index (κ1) is 16.3. The number of nitrogens with one attached hydrogen (secondary N) is 1. The van der Waals surface area contributed by atoms with E-state index in [9.17, 15) is 10.2 Å². The lowest BCUT2D eigenvalue weighted by Crippen LogP contribution is -2.41. The maximum absolute atomic E-state index is 10.1. The summed E-state index contributed by atoms with van der Waals surface area (Å²) in [7, 11) is 0. The van der Waals surface area contributed by atoms with E-state index in [0.29, 0.717) is 18.1 Å². The quantitative estimate of drug-likeness (QED) is 0.752. The van der Waals surface area contributed by atoms with Crippen LogP contribution in [0.25, 0.3) is 0 Å². The zero-order valence-corrected chi connectivity index (χ0v) is 12.8. The monoisotopic (exact) mass is 285 g/mol. The molecule has 0 saturated heterocycles. The average molecular weight is 286 g/mol. The fraction of sp³-hybridized carbons (Fsp3) is 0.600. The second-order valence-corrected chi connectivity index (χ2v) is 6.44. The lowest BCUT2D eigenvalue weighted by atomic mass is 9.80. The van der Waals surface area contributed by atoms with Crippen LogP contribution in [0, 0.1) is 11.3 Å². The summed E-state index contributed by atoms with van der Waals surface area (Å²) in [5, 5.41) is 23.6. The average Bonchev–Trinajstić information content (AvgIpc) is 2.33. The van der Waals surface area contributed by atoms with Gasteiger partial charge in [-0.1, -0.05) is 51.4 Å². The van der Waals surface area contributed by atoms with Gasteiger partial charge in [0.25, 0.3) is 0 Å². The molecule has 0 aliphatic carbocycles. The van der Waals surface area contributed by atoms with Crippen molar-refractivity contribution in [3.63, 3.8) is 0 Å². The zero-order chi connectivity index (χ0) is 14.6. The maximum atomic E-state index is 10.1. The minimum atomic E-state index is -0.368. The van der Waals surface area contributed by atoms with E-state index in [4.69, 9.17) is 11.6 Å². The summed E-state index contributed by atoms with van der Waals surface area (Å²) in [6.45, 7) is 9.27. The summed E-state index contributed by atoms with van der Waals surface area (Å²) in [4.78, 5) is 0. The molecule has 0 aliphatic heterocycles. The van der Waals surface area contributed by atoms with Crippen LogP contribution in [0.1, 0.15) is 33.3 Å². The van der Waals surface area contributed by atoms with Crippen molar-refractivity contribution in [1.29, 1.82) is 0 Å². The molecule has 0 heterocycles. The van der Waals surface area contributed by atoms with Crippen LogP contribution in [0.15, 0.2) is 18.2 Å². The molecular formula is C15H24ClNO2. The Morgan fingerprint density at radius 1 is 1.32 bits per heavy atom. The topological polar surface area (TPSA) is 52.5 Å². The molecule has 0 spiro atoms. The van der Waals surface area contributed by atoms with Crippen LogP contribution >= 0.6 is 11.6 Å². The molecule has 1 unspecified atom stereocenters. The maximum Gasteiger partial charge on any atom is 0.138 e. The van der Waals surface area contributed by atoms with E-state index < -0.39 is 0 Å². The highest BCUT2D eigenvalue weighted by atomic mass is 35.5. The van der Waals surface area contributed by atoms with Crippen molar-refractivity contribution in [2.24, 2.45) is 11.3 Å². The summed E-state index contributed by atoms with van der Waals surface area (Å²) < 4.78 is 0. The van der Waals surface area contributed by atoms with Crippen molar-refractivity contribution < 1.29 is 10.2 Å². The van der Waals surface area contributed by atoms with Gasteiger partial charge in [0.05, 0.1) is 11.1 Å². The van der Waals surface area contributed by atoms with Crippen LogP contribution in [0.3, 0.4) is 0 Å². The fourth-order valence-corrected chi connectivity index (χ4v) is 2.42. The van der Waals surface area contributed by atoms with Gasteiger partial charge in [-0.05, 0) is 12.0 Å². The van der Waals surface area contributed by atoms with Gasteiger partial charge >= 0.3 is 0 Å². The molecule has 0 amide bonds. The van der Waals surface area contributed by atoms with Crippen molar-refractivity contribution in [3.8, 4) is 5.75 Å². The highest BCUT2D eigenvalue weighted by Gasteiger charge is 2.29. The van der Waals surface area contributed by atoms with E-state index in [0.717, 1.165) is 5.56 Å². The minimum Gasteiger partial charge on any atom is -0.506 e. The Bertz CT molecular complexity index is 419. The predicted octanol–water partition coefficient (Wildman–Crippen LogP) is 3.18.